The van der Waals surface area contributed by atoms with Gasteiger partial charge in [0.25, 0.3) is 5.91 Å². The number of benzene rings is 1. The first-order chi connectivity index (χ1) is 12.4. The predicted octanol–water partition coefficient (Wildman–Crippen LogP) is 1.26. The molecule has 0 aliphatic carbocycles. The van der Waals surface area contributed by atoms with E-state index in [9.17, 15) is 14.7 Å². The first kappa shape index (κ1) is 18.4. The second-order valence-corrected chi connectivity index (χ2v) is 6.51. The number of aryl methyl sites for hydroxylation is 2. The number of ether oxygens (including phenoxy) is 2. The highest BCUT2D eigenvalue weighted by Crippen LogP contribution is 2.30. The highest BCUT2D eigenvalue weighted by Gasteiger charge is 2.34. The number of amides is 1. The van der Waals surface area contributed by atoms with Crippen LogP contribution in [0, 0.1) is 6.92 Å². The zero-order valence-corrected chi connectivity index (χ0v) is 15.2. The highest BCUT2D eigenvalue weighted by molar-refractivity contribution is 5.88. The van der Waals surface area contributed by atoms with E-state index in [1.54, 1.807) is 6.07 Å². The van der Waals surface area contributed by atoms with Crippen molar-refractivity contribution in [1.82, 2.24) is 4.90 Å². The van der Waals surface area contributed by atoms with Gasteiger partial charge in [0.1, 0.15) is 17.4 Å². The van der Waals surface area contributed by atoms with Crippen LogP contribution >= 0.6 is 0 Å². The molecule has 0 radical (unpaired) electrons. The molecule has 2 heterocycles. The van der Waals surface area contributed by atoms with Crippen LogP contribution in [0.5, 0.6) is 5.75 Å². The van der Waals surface area contributed by atoms with Crippen LogP contribution in [-0.4, -0.2) is 54.9 Å². The molecule has 0 saturated carbocycles. The normalized spacial score (nSPS) is 19.9. The monoisotopic (exact) mass is 361 g/mol. The van der Waals surface area contributed by atoms with Gasteiger partial charge in [-0.3, -0.25) is 4.79 Å². The van der Waals surface area contributed by atoms with Crippen molar-refractivity contribution in [2.45, 2.75) is 32.5 Å². The summed E-state index contributed by atoms with van der Waals surface area (Å²) < 4.78 is 16.2. The third-order valence-corrected chi connectivity index (χ3v) is 4.66. The van der Waals surface area contributed by atoms with Crippen LogP contribution in [0.25, 0.3) is 11.0 Å². The molecular formula is C19H23NO6. The number of aliphatic hydroxyl groups excluding tert-OH is 1. The maximum atomic E-state index is 12.4. The van der Waals surface area contributed by atoms with E-state index < -0.39 is 11.7 Å². The predicted molar refractivity (Wildman–Crippen MR) is 95.5 cm³/mol. The largest absolute Gasteiger partial charge is 0.483 e. The van der Waals surface area contributed by atoms with Gasteiger partial charge in [0.15, 0.2) is 6.61 Å². The number of hydrogen-bond acceptors (Lipinski definition) is 6. The number of carbonyl (C=O) groups is 1. The van der Waals surface area contributed by atoms with E-state index in [2.05, 4.69) is 0 Å². The average Bonchev–Trinajstić information content (AvgIpc) is 2.99. The lowest BCUT2D eigenvalue weighted by molar-refractivity contribution is -0.132. The Morgan fingerprint density at radius 2 is 2.12 bits per heavy atom. The van der Waals surface area contributed by atoms with Gasteiger partial charge in [-0.2, -0.15) is 0 Å². The number of β-amino-alcohol motifs (C(OH)–C–C–N with tert-alkyl or cyclic N) is 1. The van der Waals surface area contributed by atoms with Crippen LogP contribution in [-0.2, 0) is 16.0 Å². The lowest BCUT2D eigenvalue weighted by Gasteiger charge is -2.17. The van der Waals surface area contributed by atoms with E-state index in [1.807, 2.05) is 19.9 Å². The van der Waals surface area contributed by atoms with Crippen molar-refractivity contribution < 1.29 is 23.8 Å². The molecule has 26 heavy (non-hydrogen) atoms. The van der Waals surface area contributed by atoms with Crippen LogP contribution in [0.3, 0.4) is 0 Å². The van der Waals surface area contributed by atoms with Gasteiger partial charge in [-0.1, -0.05) is 6.92 Å². The third-order valence-electron chi connectivity index (χ3n) is 4.66. The van der Waals surface area contributed by atoms with E-state index in [4.69, 9.17) is 13.9 Å². The summed E-state index contributed by atoms with van der Waals surface area (Å²) >= 11 is 0. The van der Waals surface area contributed by atoms with E-state index in [0.717, 1.165) is 11.1 Å². The fourth-order valence-electron chi connectivity index (χ4n) is 3.29. The summed E-state index contributed by atoms with van der Waals surface area (Å²) in [4.78, 5) is 25.7. The van der Waals surface area contributed by atoms with Crippen molar-refractivity contribution in [2.24, 2.45) is 0 Å². The van der Waals surface area contributed by atoms with Crippen molar-refractivity contribution in [3.05, 3.63) is 39.7 Å². The van der Waals surface area contributed by atoms with Crippen LogP contribution in [0.15, 0.2) is 27.4 Å². The van der Waals surface area contributed by atoms with Gasteiger partial charge in [-0.15, -0.1) is 0 Å². The van der Waals surface area contributed by atoms with E-state index in [-0.39, 0.29) is 25.2 Å². The number of nitrogens with zero attached hydrogens (tertiary/aromatic N) is 1. The molecule has 0 spiro atoms. The van der Waals surface area contributed by atoms with Crippen LogP contribution in [0.1, 0.15) is 18.1 Å². The van der Waals surface area contributed by atoms with Crippen molar-refractivity contribution in [1.29, 1.82) is 0 Å². The topological polar surface area (TPSA) is 89.2 Å². The lowest BCUT2D eigenvalue weighted by atomic mass is 10.1. The molecule has 1 N–H and O–H groups in total. The zero-order valence-electron chi connectivity index (χ0n) is 15.2. The van der Waals surface area contributed by atoms with Gasteiger partial charge in [-0.25, -0.2) is 4.79 Å². The van der Waals surface area contributed by atoms with Crippen molar-refractivity contribution >= 4 is 16.9 Å². The summed E-state index contributed by atoms with van der Waals surface area (Å²) in [5.41, 5.74) is 1.73. The van der Waals surface area contributed by atoms with Crippen LogP contribution in [0.4, 0.5) is 0 Å². The molecule has 0 unspecified atom stereocenters. The molecule has 7 heteroatoms. The average molecular weight is 361 g/mol. The summed E-state index contributed by atoms with van der Waals surface area (Å²) in [5.74, 6) is 0.283. The van der Waals surface area contributed by atoms with Crippen LogP contribution in [0.2, 0.25) is 0 Å². The molecule has 1 aliphatic heterocycles. The molecule has 1 saturated heterocycles. The Balaban J connectivity index is 1.83. The maximum absolute atomic E-state index is 12.4. The van der Waals surface area contributed by atoms with E-state index >= 15 is 0 Å². The van der Waals surface area contributed by atoms with E-state index in [0.29, 0.717) is 29.7 Å². The molecule has 1 aromatic heterocycles. The minimum atomic E-state index is -0.690. The Morgan fingerprint density at radius 1 is 1.35 bits per heavy atom. The smallest absolute Gasteiger partial charge is 0.336 e. The van der Waals surface area contributed by atoms with Gasteiger partial charge in [-0.05, 0) is 36.6 Å². The maximum Gasteiger partial charge on any atom is 0.336 e. The number of aliphatic hydroxyl groups is 1. The van der Waals surface area contributed by atoms with Gasteiger partial charge in [0.05, 0.1) is 11.5 Å². The number of rotatable bonds is 5. The Labute approximate surface area is 151 Å². The summed E-state index contributed by atoms with van der Waals surface area (Å²) in [6.07, 6.45) is -0.423. The lowest BCUT2D eigenvalue weighted by Crippen LogP contribution is -2.34. The number of likely N-dealkylation sites (tertiary alicyclic amines) is 1. The second kappa shape index (κ2) is 7.47. The molecule has 2 aromatic rings. The van der Waals surface area contributed by atoms with E-state index in [1.165, 1.54) is 18.1 Å². The van der Waals surface area contributed by atoms with Gasteiger partial charge >= 0.3 is 5.63 Å². The fraction of sp³-hybridized carbons (Fsp3) is 0.474. The Morgan fingerprint density at radius 3 is 2.77 bits per heavy atom. The minimum absolute atomic E-state index is 0.163. The summed E-state index contributed by atoms with van der Waals surface area (Å²) in [6, 6.07) is 5.06. The highest BCUT2D eigenvalue weighted by atomic mass is 16.5. The standard InChI is InChI=1S/C19H23NO6/c1-4-12-7-18(23)26-15-6-11(2)5-14(19(12)15)25-10-17(22)20-8-13(21)16(9-20)24-3/h5-7,13,16,21H,4,8-10H2,1-3H3/t13-,16-/m0/s1. The quantitative estimate of drug-likeness (QED) is 0.807. The number of methoxy groups -OCH3 is 1. The number of fused-ring (bicyclic) bond motifs is 1. The van der Waals surface area contributed by atoms with Gasteiger partial charge in [0, 0.05) is 26.3 Å². The first-order valence-electron chi connectivity index (χ1n) is 8.61. The Bertz CT molecular complexity index is 874. The number of hydrogen-bond donors (Lipinski definition) is 1. The molecular weight excluding hydrogens is 338 g/mol. The van der Waals surface area contributed by atoms with Crippen molar-refractivity contribution in [3.8, 4) is 5.75 Å². The minimum Gasteiger partial charge on any atom is -0.483 e. The van der Waals surface area contributed by atoms with Gasteiger partial charge in [0.2, 0.25) is 0 Å². The molecule has 140 valence electrons. The summed E-state index contributed by atoms with van der Waals surface area (Å²) in [7, 11) is 1.51. The second-order valence-electron chi connectivity index (χ2n) is 6.51. The fourth-order valence-corrected chi connectivity index (χ4v) is 3.29. The third kappa shape index (κ3) is 3.59. The number of carbonyl (C=O) groups excluding carboxylic acids is 1. The molecule has 1 aromatic carbocycles. The van der Waals surface area contributed by atoms with Crippen LogP contribution < -0.4 is 10.4 Å². The van der Waals surface area contributed by atoms with Crippen molar-refractivity contribution in [2.75, 3.05) is 26.8 Å². The molecule has 3 rings (SSSR count). The molecule has 1 aliphatic rings. The molecule has 2 atom stereocenters. The molecule has 7 nitrogen and oxygen atoms in total. The zero-order chi connectivity index (χ0) is 18.8. The molecule has 1 fully saturated rings. The Hall–Kier alpha value is -2.38. The summed E-state index contributed by atoms with van der Waals surface area (Å²) in [5, 5.41) is 10.6. The SMILES string of the molecule is CCc1cc(=O)oc2cc(C)cc(OCC(=O)N3C[C@H](OC)[C@@H](O)C3)c12. The first-order valence-corrected chi connectivity index (χ1v) is 8.61. The molecule has 1 amide bonds. The summed E-state index contributed by atoms with van der Waals surface area (Å²) in [6.45, 7) is 4.21. The Kier molecular flexibility index (Phi) is 5.29. The van der Waals surface area contributed by atoms with Crippen molar-refractivity contribution in [3.63, 3.8) is 0 Å². The van der Waals surface area contributed by atoms with Gasteiger partial charge < -0.3 is 23.9 Å². The molecule has 0 bridgehead atoms.